The number of rotatable bonds is 4. The van der Waals surface area contributed by atoms with E-state index in [0.717, 1.165) is 16.8 Å². The van der Waals surface area contributed by atoms with Crippen molar-refractivity contribution < 1.29 is 19.1 Å². The van der Waals surface area contributed by atoms with Crippen molar-refractivity contribution in [3.8, 4) is 5.75 Å². The highest BCUT2D eigenvalue weighted by Gasteiger charge is 2.71. The lowest BCUT2D eigenvalue weighted by Gasteiger charge is -2.37. The molecule has 0 bridgehead atoms. The quantitative estimate of drug-likeness (QED) is 0.180. The molecule has 0 saturated carbocycles. The van der Waals surface area contributed by atoms with E-state index in [0.29, 0.717) is 38.0 Å². The van der Waals surface area contributed by atoms with Crippen LogP contribution in [0.4, 0.5) is 5.69 Å². The van der Waals surface area contributed by atoms with Gasteiger partial charge in [0.25, 0.3) is 0 Å². The van der Waals surface area contributed by atoms with Crippen molar-refractivity contribution in [1.82, 2.24) is 0 Å². The summed E-state index contributed by atoms with van der Waals surface area (Å²) in [6.07, 6.45) is 3.85. The third-order valence-electron chi connectivity index (χ3n) is 8.88. The molecule has 1 spiro atoms. The van der Waals surface area contributed by atoms with E-state index in [-0.39, 0.29) is 17.3 Å². The Morgan fingerprint density at radius 1 is 0.881 bits per heavy atom. The van der Waals surface area contributed by atoms with Crippen molar-refractivity contribution in [3.05, 3.63) is 134 Å². The summed E-state index contributed by atoms with van der Waals surface area (Å²) in [5.74, 6) is -1.26. The Labute approximate surface area is 253 Å². The van der Waals surface area contributed by atoms with Gasteiger partial charge in [0.2, 0.25) is 0 Å². The third-order valence-corrected chi connectivity index (χ3v) is 9.44. The molecule has 7 heteroatoms. The average Bonchev–Trinajstić information content (AvgIpc) is 3.42. The number of carbonyl (C=O) groups excluding carboxylic acids is 3. The molecule has 3 aliphatic rings. The number of nitrogens with zero attached hydrogens (tertiary/aromatic N) is 1. The maximum Gasteiger partial charge on any atom is 0.186 e. The molecule has 0 N–H and O–H groups in total. The largest absolute Gasteiger partial charge is 0.497 e. The number of aryl methyl sites for hydroxylation is 1. The van der Waals surface area contributed by atoms with Crippen LogP contribution in [0.25, 0.3) is 6.08 Å². The van der Waals surface area contributed by atoms with Crippen molar-refractivity contribution in [1.29, 1.82) is 0 Å². The van der Waals surface area contributed by atoms with Gasteiger partial charge in [0.15, 0.2) is 17.3 Å². The number of fused-ring (bicyclic) bond motifs is 5. The third kappa shape index (κ3) is 3.60. The zero-order valence-electron chi connectivity index (χ0n) is 22.8. The van der Waals surface area contributed by atoms with Crippen LogP contribution in [0.2, 0.25) is 10.0 Å². The zero-order valence-corrected chi connectivity index (χ0v) is 24.3. The van der Waals surface area contributed by atoms with E-state index < -0.39 is 23.4 Å². The SMILES string of the molecule is COc1cccc(C(=O)[C@@H]2[C@H](c3ccc(Cl)cc3Cl)C3(C(=O)c4ccccc4C3=O)[C@H]3C=Cc4cc(C)ccc4N23)c1. The van der Waals surface area contributed by atoms with Crippen LogP contribution >= 0.6 is 23.2 Å². The lowest BCUT2D eigenvalue weighted by molar-refractivity contribution is 0.0666. The molecule has 208 valence electrons. The van der Waals surface area contributed by atoms with Gasteiger partial charge in [-0.2, -0.15) is 0 Å². The number of anilines is 1. The predicted octanol–water partition coefficient (Wildman–Crippen LogP) is 7.63. The fraction of sp³-hybridized carbons (Fsp3) is 0.171. The lowest BCUT2D eigenvalue weighted by atomic mass is 9.64. The number of hydrogen-bond acceptors (Lipinski definition) is 5. The number of ether oxygens (including phenoxy) is 1. The first kappa shape index (κ1) is 26.7. The molecule has 1 fully saturated rings. The van der Waals surface area contributed by atoms with Gasteiger partial charge < -0.3 is 9.64 Å². The number of methoxy groups -OCH3 is 1. The first-order chi connectivity index (χ1) is 20.3. The molecule has 4 aromatic rings. The smallest absolute Gasteiger partial charge is 0.186 e. The van der Waals surface area contributed by atoms with Gasteiger partial charge in [0.05, 0.1) is 13.2 Å². The molecular formula is C35H25Cl2NO4. The minimum atomic E-state index is -1.64. The van der Waals surface area contributed by atoms with Crippen LogP contribution in [0, 0.1) is 12.3 Å². The molecule has 42 heavy (non-hydrogen) atoms. The second-order valence-electron chi connectivity index (χ2n) is 11.0. The standard InChI is InChI=1S/C35H25Cl2NO4/c1-19-10-14-28-20(16-19)11-15-29-35(33(40)24-8-3-4-9-25(24)34(35)41)30(26-13-12-22(36)18-27(26)37)31(38(28)29)32(39)21-6-5-7-23(17-21)42-2/h3-18,29-31H,1-2H3/t29-,30+,31+/m1/s1. The topological polar surface area (TPSA) is 63.7 Å². The number of halogens is 2. The highest BCUT2D eigenvalue weighted by molar-refractivity contribution is 6.36. The fourth-order valence-electron chi connectivity index (χ4n) is 7.14. The summed E-state index contributed by atoms with van der Waals surface area (Å²) in [6.45, 7) is 2.00. The maximum atomic E-state index is 14.8. The van der Waals surface area contributed by atoms with Crippen molar-refractivity contribution in [2.75, 3.05) is 12.0 Å². The first-order valence-corrected chi connectivity index (χ1v) is 14.4. The Morgan fingerprint density at radius 3 is 2.31 bits per heavy atom. The molecule has 0 aromatic heterocycles. The monoisotopic (exact) mass is 593 g/mol. The van der Waals surface area contributed by atoms with Gasteiger partial charge in [0.1, 0.15) is 17.2 Å². The van der Waals surface area contributed by atoms with Crippen molar-refractivity contribution in [2.24, 2.45) is 5.41 Å². The predicted molar refractivity (Wildman–Crippen MR) is 164 cm³/mol. The number of benzene rings is 4. The summed E-state index contributed by atoms with van der Waals surface area (Å²) in [6, 6.07) is 23.2. The van der Waals surface area contributed by atoms with Crippen LogP contribution in [0.5, 0.6) is 5.75 Å². The van der Waals surface area contributed by atoms with Crippen LogP contribution in [-0.2, 0) is 0 Å². The summed E-state index contributed by atoms with van der Waals surface area (Å²) in [5, 5.41) is 0.706. The van der Waals surface area contributed by atoms with Crippen LogP contribution < -0.4 is 9.64 Å². The molecule has 2 aliphatic heterocycles. The van der Waals surface area contributed by atoms with Crippen LogP contribution in [-0.4, -0.2) is 36.5 Å². The molecular weight excluding hydrogens is 569 g/mol. The highest BCUT2D eigenvalue weighted by Crippen LogP contribution is 2.61. The van der Waals surface area contributed by atoms with E-state index in [1.54, 1.807) is 73.8 Å². The van der Waals surface area contributed by atoms with Gasteiger partial charge in [0, 0.05) is 38.3 Å². The van der Waals surface area contributed by atoms with Gasteiger partial charge in [-0.25, -0.2) is 0 Å². The summed E-state index contributed by atoms with van der Waals surface area (Å²) in [7, 11) is 1.54. The molecule has 4 aromatic carbocycles. The molecule has 3 atom stereocenters. The minimum absolute atomic E-state index is 0.245. The summed E-state index contributed by atoms with van der Waals surface area (Å²) in [5.41, 5.74) is 2.74. The molecule has 1 aliphatic carbocycles. The second-order valence-corrected chi connectivity index (χ2v) is 11.9. The minimum Gasteiger partial charge on any atom is -0.497 e. The molecule has 0 amide bonds. The van der Waals surface area contributed by atoms with Gasteiger partial charge in [-0.05, 0) is 54.4 Å². The van der Waals surface area contributed by atoms with E-state index >= 15 is 0 Å². The van der Waals surface area contributed by atoms with Crippen LogP contribution in [0.3, 0.4) is 0 Å². The first-order valence-electron chi connectivity index (χ1n) is 13.7. The maximum absolute atomic E-state index is 14.8. The van der Waals surface area contributed by atoms with Gasteiger partial charge in [-0.1, -0.05) is 89.4 Å². The van der Waals surface area contributed by atoms with Crippen LogP contribution in [0.15, 0.2) is 91.0 Å². The Hall–Kier alpha value is -4.19. The molecule has 7 rings (SSSR count). The van der Waals surface area contributed by atoms with Crippen molar-refractivity contribution in [2.45, 2.75) is 24.9 Å². The van der Waals surface area contributed by atoms with E-state index in [9.17, 15) is 14.4 Å². The Morgan fingerprint density at radius 2 is 1.62 bits per heavy atom. The van der Waals surface area contributed by atoms with E-state index in [4.69, 9.17) is 27.9 Å². The molecule has 0 radical (unpaired) electrons. The average molecular weight is 594 g/mol. The molecule has 0 unspecified atom stereocenters. The van der Waals surface area contributed by atoms with E-state index in [1.807, 2.05) is 42.2 Å². The number of carbonyl (C=O) groups is 3. The van der Waals surface area contributed by atoms with Gasteiger partial charge in [-0.15, -0.1) is 0 Å². The van der Waals surface area contributed by atoms with E-state index in [2.05, 4.69) is 0 Å². The Kier molecular flexibility index (Phi) is 6.16. The summed E-state index contributed by atoms with van der Waals surface area (Å²) < 4.78 is 5.44. The van der Waals surface area contributed by atoms with Gasteiger partial charge >= 0.3 is 0 Å². The lowest BCUT2D eigenvalue weighted by Crippen LogP contribution is -2.48. The van der Waals surface area contributed by atoms with Crippen molar-refractivity contribution >= 4 is 52.3 Å². The van der Waals surface area contributed by atoms with Gasteiger partial charge in [-0.3, -0.25) is 14.4 Å². The normalized spacial score (nSPS) is 21.3. The highest BCUT2D eigenvalue weighted by atomic mass is 35.5. The summed E-state index contributed by atoms with van der Waals surface area (Å²) >= 11 is 13.2. The summed E-state index contributed by atoms with van der Waals surface area (Å²) in [4.78, 5) is 46.3. The number of ketones is 3. The Balaban J connectivity index is 1.56. The van der Waals surface area contributed by atoms with Crippen molar-refractivity contribution in [3.63, 3.8) is 0 Å². The fourth-order valence-corrected chi connectivity index (χ4v) is 7.67. The Bertz CT molecular complexity index is 1830. The zero-order chi connectivity index (χ0) is 29.3. The molecule has 1 saturated heterocycles. The molecule has 2 heterocycles. The van der Waals surface area contributed by atoms with Crippen LogP contribution in [0.1, 0.15) is 53.7 Å². The number of hydrogen-bond donors (Lipinski definition) is 0. The molecule has 5 nitrogen and oxygen atoms in total. The van der Waals surface area contributed by atoms with E-state index in [1.165, 1.54) is 0 Å². The number of Topliss-reactive ketones (excluding diaryl/α,β-unsaturated/α-hetero) is 3. The second kappa shape index (κ2) is 9.69.